The van der Waals surface area contributed by atoms with Gasteiger partial charge in [0.15, 0.2) is 0 Å². The highest BCUT2D eigenvalue weighted by molar-refractivity contribution is 7.12. The first-order valence-electron chi connectivity index (χ1n) is 5.88. The monoisotopic (exact) mass is 274 g/mol. The lowest BCUT2D eigenvalue weighted by atomic mass is 10.2. The lowest BCUT2D eigenvalue weighted by molar-refractivity contribution is 1.21. The second-order valence-electron chi connectivity index (χ2n) is 4.33. The SMILES string of the molecule is Cc1cc(CNc2snc3ccccc23)sc1C. The maximum Gasteiger partial charge on any atom is 0.117 e. The van der Waals surface area contributed by atoms with E-state index in [2.05, 4.69) is 47.8 Å². The molecule has 2 nitrogen and oxygen atoms in total. The topological polar surface area (TPSA) is 24.9 Å². The van der Waals surface area contributed by atoms with Crippen LogP contribution in [0.4, 0.5) is 5.00 Å². The molecule has 0 aliphatic heterocycles. The quantitative estimate of drug-likeness (QED) is 0.755. The number of nitrogens with one attached hydrogen (secondary N) is 1. The molecule has 0 amide bonds. The van der Waals surface area contributed by atoms with Gasteiger partial charge in [0.25, 0.3) is 0 Å². The van der Waals surface area contributed by atoms with E-state index in [0.29, 0.717) is 0 Å². The maximum absolute atomic E-state index is 4.44. The predicted molar refractivity (Wildman–Crippen MR) is 80.7 cm³/mol. The van der Waals surface area contributed by atoms with Crippen LogP contribution in [-0.4, -0.2) is 4.37 Å². The van der Waals surface area contributed by atoms with Gasteiger partial charge in [0.2, 0.25) is 0 Å². The van der Waals surface area contributed by atoms with Gasteiger partial charge in [0.1, 0.15) is 5.00 Å². The zero-order chi connectivity index (χ0) is 12.5. The molecule has 0 atom stereocenters. The summed E-state index contributed by atoms with van der Waals surface area (Å²) in [6.07, 6.45) is 0. The fourth-order valence-corrected chi connectivity index (χ4v) is 3.67. The van der Waals surface area contributed by atoms with Crippen LogP contribution in [0, 0.1) is 13.8 Å². The molecule has 92 valence electrons. The summed E-state index contributed by atoms with van der Waals surface area (Å²) < 4.78 is 4.44. The number of aromatic nitrogens is 1. The molecular formula is C14H14N2S2. The molecule has 0 aliphatic carbocycles. The van der Waals surface area contributed by atoms with Crippen molar-refractivity contribution >= 4 is 38.8 Å². The molecule has 18 heavy (non-hydrogen) atoms. The van der Waals surface area contributed by atoms with Crippen molar-refractivity contribution in [3.63, 3.8) is 0 Å². The van der Waals surface area contributed by atoms with Gasteiger partial charge in [-0.3, -0.25) is 0 Å². The van der Waals surface area contributed by atoms with Gasteiger partial charge in [-0.05, 0) is 49.1 Å². The molecule has 0 spiro atoms. The number of hydrogen-bond acceptors (Lipinski definition) is 4. The Bertz CT molecular complexity index is 662. The van der Waals surface area contributed by atoms with Crippen LogP contribution in [0.15, 0.2) is 30.3 Å². The van der Waals surface area contributed by atoms with Crippen molar-refractivity contribution in [2.24, 2.45) is 0 Å². The third kappa shape index (κ3) is 2.13. The highest BCUT2D eigenvalue weighted by Crippen LogP contribution is 2.28. The largest absolute Gasteiger partial charge is 0.370 e. The minimum absolute atomic E-state index is 0.880. The molecule has 3 rings (SSSR count). The number of thiophene rings is 1. The molecule has 2 aromatic heterocycles. The number of hydrogen-bond donors (Lipinski definition) is 1. The number of benzene rings is 1. The number of rotatable bonds is 3. The molecule has 0 radical (unpaired) electrons. The van der Waals surface area contributed by atoms with Gasteiger partial charge >= 0.3 is 0 Å². The van der Waals surface area contributed by atoms with Gasteiger partial charge in [-0.2, -0.15) is 4.37 Å². The molecule has 2 heterocycles. The standard InChI is InChI=1S/C14H14N2S2/c1-9-7-11(17-10(9)2)8-15-14-12-5-3-4-6-13(12)16-18-14/h3-7,15H,8H2,1-2H3. The zero-order valence-corrected chi connectivity index (χ0v) is 12.0. The molecule has 0 bridgehead atoms. The summed E-state index contributed by atoms with van der Waals surface area (Å²) >= 11 is 3.40. The Kier molecular flexibility index (Phi) is 3.06. The molecular weight excluding hydrogens is 260 g/mol. The first-order chi connectivity index (χ1) is 8.74. The van der Waals surface area contributed by atoms with E-state index in [1.807, 2.05) is 17.4 Å². The molecule has 1 aromatic carbocycles. The number of anilines is 1. The van der Waals surface area contributed by atoms with Crippen LogP contribution in [0.3, 0.4) is 0 Å². The predicted octanol–water partition coefficient (Wildman–Crippen LogP) is 4.59. The molecule has 0 saturated carbocycles. The third-order valence-electron chi connectivity index (χ3n) is 3.02. The zero-order valence-electron chi connectivity index (χ0n) is 10.4. The second-order valence-corrected chi connectivity index (χ2v) is 6.45. The van der Waals surface area contributed by atoms with Gasteiger partial charge in [-0.15, -0.1) is 11.3 Å². The van der Waals surface area contributed by atoms with E-state index in [9.17, 15) is 0 Å². The minimum Gasteiger partial charge on any atom is -0.370 e. The average molecular weight is 274 g/mol. The van der Waals surface area contributed by atoms with E-state index in [-0.39, 0.29) is 0 Å². The number of aryl methyl sites for hydroxylation is 2. The van der Waals surface area contributed by atoms with E-state index in [1.165, 1.54) is 32.2 Å². The fourth-order valence-electron chi connectivity index (χ4n) is 1.92. The first kappa shape index (κ1) is 11.7. The number of fused-ring (bicyclic) bond motifs is 1. The molecule has 0 fully saturated rings. The smallest absolute Gasteiger partial charge is 0.117 e. The van der Waals surface area contributed by atoms with Crippen molar-refractivity contribution in [2.45, 2.75) is 20.4 Å². The Morgan fingerprint density at radius 2 is 2.06 bits per heavy atom. The van der Waals surface area contributed by atoms with E-state index >= 15 is 0 Å². The van der Waals surface area contributed by atoms with E-state index in [1.54, 1.807) is 0 Å². The maximum atomic E-state index is 4.44. The van der Waals surface area contributed by atoms with Gasteiger partial charge in [-0.1, -0.05) is 12.1 Å². The van der Waals surface area contributed by atoms with Crippen LogP contribution in [0.5, 0.6) is 0 Å². The van der Waals surface area contributed by atoms with Crippen molar-refractivity contribution in [3.8, 4) is 0 Å². The van der Waals surface area contributed by atoms with Crippen molar-refractivity contribution in [1.29, 1.82) is 0 Å². The summed E-state index contributed by atoms with van der Waals surface area (Å²) in [7, 11) is 0. The van der Waals surface area contributed by atoms with Crippen LogP contribution in [0.2, 0.25) is 0 Å². The lowest BCUT2D eigenvalue weighted by Gasteiger charge is -2.01. The van der Waals surface area contributed by atoms with Gasteiger partial charge in [-0.25, -0.2) is 0 Å². The van der Waals surface area contributed by atoms with Crippen molar-refractivity contribution in [1.82, 2.24) is 4.37 Å². The van der Waals surface area contributed by atoms with Crippen molar-refractivity contribution < 1.29 is 0 Å². The number of nitrogens with zero attached hydrogens (tertiary/aromatic N) is 1. The van der Waals surface area contributed by atoms with Crippen LogP contribution in [-0.2, 0) is 6.54 Å². The van der Waals surface area contributed by atoms with Gasteiger partial charge in [0, 0.05) is 15.1 Å². The fraction of sp³-hybridized carbons (Fsp3) is 0.214. The van der Waals surface area contributed by atoms with Crippen LogP contribution < -0.4 is 5.32 Å². The van der Waals surface area contributed by atoms with Crippen LogP contribution in [0.1, 0.15) is 15.3 Å². The van der Waals surface area contributed by atoms with E-state index < -0.39 is 0 Å². The molecule has 0 aliphatic rings. The van der Waals surface area contributed by atoms with Crippen molar-refractivity contribution in [3.05, 3.63) is 45.6 Å². The van der Waals surface area contributed by atoms with Gasteiger partial charge in [0.05, 0.1) is 12.1 Å². The van der Waals surface area contributed by atoms with E-state index in [0.717, 1.165) is 17.1 Å². The summed E-state index contributed by atoms with van der Waals surface area (Å²) in [5.74, 6) is 0. The Morgan fingerprint density at radius 1 is 1.22 bits per heavy atom. The van der Waals surface area contributed by atoms with Crippen LogP contribution in [0.25, 0.3) is 10.9 Å². The lowest BCUT2D eigenvalue weighted by Crippen LogP contribution is -1.95. The molecule has 4 heteroatoms. The molecule has 0 saturated heterocycles. The minimum atomic E-state index is 0.880. The van der Waals surface area contributed by atoms with E-state index in [4.69, 9.17) is 0 Å². The van der Waals surface area contributed by atoms with Gasteiger partial charge < -0.3 is 5.32 Å². The summed E-state index contributed by atoms with van der Waals surface area (Å²) in [5.41, 5.74) is 2.45. The normalized spacial score (nSPS) is 11.0. The second kappa shape index (κ2) is 4.71. The van der Waals surface area contributed by atoms with Crippen LogP contribution >= 0.6 is 22.9 Å². The summed E-state index contributed by atoms with van der Waals surface area (Å²) in [6, 6.07) is 10.5. The highest BCUT2D eigenvalue weighted by Gasteiger charge is 2.06. The summed E-state index contributed by atoms with van der Waals surface area (Å²) in [6.45, 7) is 5.22. The summed E-state index contributed by atoms with van der Waals surface area (Å²) in [5, 5.41) is 5.87. The Balaban J connectivity index is 1.81. The molecule has 3 aromatic rings. The van der Waals surface area contributed by atoms with Crippen molar-refractivity contribution in [2.75, 3.05) is 5.32 Å². The Labute approximate surface area is 114 Å². The first-order valence-corrected chi connectivity index (χ1v) is 7.47. The molecule has 1 N–H and O–H groups in total. The third-order valence-corrected chi connectivity index (χ3v) is 5.01. The average Bonchev–Trinajstić information content (AvgIpc) is 2.92. The summed E-state index contributed by atoms with van der Waals surface area (Å²) in [4.78, 5) is 2.78. The molecule has 0 unspecified atom stereocenters. The Morgan fingerprint density at radius 3 is 2.83 bits per heavy atom. The highest BCUT2D eigenvalue weighted by atomic mass is 32.1. The Hall–Kier alpha value is -1.39.